The lowest BCUT2D eigenvalue weighted by Gasteiger charge is -2.28. The highest BCUT2D eigenvalue weighted by Gasteiger charge is 2.26. The Morgan fingerprint density at radius 1 is 1.50 bits per heavy atom. The zero-order valence-electron chi connectivity index (χ0n) is 9.83. The first-order chi connectivity index (χ1) is 8.58. The molecule has 1 aliphatic heterocycles. The molecule has 2 unspecified atom stereocenters. The van der Waals surface area contributed by atoms with Gasteiger partial charge in [0.25, 0.3) is 0 Å². The summed E-state index contributed by atoms with van der Waals surface area (Å²) in [6.07, 6.45) is 2.95. The fourth-order valence-corrected chi connectivity index (χ4v) is 2.55. The van der Waals surface area contributed by atoms with Crippen LogP contribution in [0.1, 0.15) is 24.8 Å². The van der Waals surface area contributed by atoms with Crippen molar-refractivity contribution in [2.45, 2.75) is 37.8 Å². The summed E-state index contributed by atoms with van der Waals surface area (Å²) in [7, 11) is 0. The first kappa shape index (κ1) is 13.3. The van der Waals surface area contributed by atoms with Gasteiger partial charge in [0.1, 0.15) is 11.9 Å². The number of nitrogens with one attached hydrogen (secondary N) is 1. The molecule has 98 valence electrons. The van der Waals surface area contributed by atoms with Gasteiger partial charge in [-0.3, -0.25) is 4.79 Å². The van der Waals surface area contributed by atoms with Crippen LogP contribution < -0.4 is 5.32 Å². The van der Waals surface area contributed by atoms with Crippen molar-refractivity contribution in [1.29, 1.82) is 0 Å². The first-order valence-electron chi connectivity index (χ1n) is 5.99. The number of rotatable bonds is 3. The Bertz CT molecular complexity index is 453. The van der Waals surface area contributed by atoms with Crippen LogP contribution in [0.3, 0.4) is 0 Å². The van der Waals surface area contributed by atoms with Gasteiger partial charge < -0.3 is 10.4 Å². The van der Waals surface area contributed by atoms with E-state index in [9.17, 15) is 9.18 Å². The second kappa shape index (κ2) is 5.67. The van der Waals surface area contributed by atoms with Crippen molar-refractivity contribution in [1.82, 2.24) is 5.32 Å². The summed E-state index contributed by atoms with van der Waals surface area (Å²) >= 11 is 5.89. The molecule has 2 N–H and O–H groups in total. The van der Waals surface area contributed by atoms with Crippen LogP contribution in [0.4, 0.5) is 4.39 Å². The SMILES string of the molecule is O=C(O)C1CCCC(Cc2cccc(F)c2Cl)N1. The molecule has 0 spiro atoms. The van der Waals surface area contributed by atoms with Crippen molar-refractivity contribution in [3.05, 3.63) is 34.6 Å². The predicted octanol–water partition coefficient (Wildman–Crippen LogP) is 2.62. The summed E-state index contributed by atoms with van der Waals surface area (Å²) in [5.41, 5.74) is 0.722. The number of benzene rings is 1. The Kier molecular flexibility index (Phi) is 4.19. The van der Waals surface area contributed by atoms with Crippen molar-refractivity contribution in [2.75, 3.05) is 0 Å². The fourth-order valence-electron chi connectivity index (χ4n) is 2.35. The van der Waals surface area contributed by atoms with E-state index in [2.05, 4.69) is 5.32 Å². The molecule has 0 aliphatic carbocycles. The molecule has 1 aromatic rings. The molecule has 0 saturated carbocycles. The lowest BCUT2D eigenvalue weighted by Crippen LogP contribution is -2.47. The van der Waals surface area contributed by atoms with Crippen LogP contribution >= 0.6 is 11.6 Å². The van der Waals surface area contributed by atoms with Gasteiger partial charge in [0.2, 0.25) is 0 Å². The number of aliphatic carboxylic acids is 1. The van der Waals surface area contributed by atoms with Crippen LogP contribution in [0.2, 0.25) is 5.02 Å². The van der Waals surface area contributed by atoms with E-state index in [1.165, 1.54) is 6.07 Å². The molecule has 0 aromatic heterocycles. The van der Waals surface area contributed by atoms with Gasteiger partial charge in [-0.1, -0.05) is 23.7 Å². The molecule has 1 heterocycles. The van der Waals surface area contributed by atoms with Crippen molar-refractivity contribution in [3.8, 4) is 0 Å². The minimum absolute atomic E-state index is 0.0409. The Morgan fingerprint density at radius 3 is 3.00 bits per heavy atom. The quantitative estimate of drug-likeness (QED) is 0.888. The van der Waals surface area contributed by atoms with Crippen LogP contribution in [0.25, 0.3) is 0 Å². The van der Waals surface area contributed by atoms with Gasteiger partial charge in [-0.15, -0.1) is 0 Å². The third kappa shape index (κ3) is 3.00. The van der Waals surface area contributed by atoms with E-state index in [1.54, 1.807) is 12.1 Å². The number of piperidine rings is 1. The third-order valence-corrected chi connectivity index (χ3v) is 3.70. The maximum absolute atomic E-state index is 13.3. The summed E-state index contributed by atoms with van der Waals surface area (Å²) < 4.78 is 13.3. The van der Waals surface area contributed by atoms with Gasteiger partial charge in [0.05, 0.1) is 5.02 Å². The minimum Gasteiger partial charge on any atom is -0.480 e. The monoisotopic (exact) mass is 271 g/mol. The Hall–Kier alpha value is -1.13. The van der Waals surface area contributed by atoms with Crippen LogP contribution in [-0.2, 0) is 11.2 Å². The minimum atomic E-state index is -0.829. The van der Waals surface area contributed by atoms with Crippen molar-refractivity contribution < 1.29 is 14.3 Å². The predicted molar refractivity (Wildman–Crippen MR) is 67.3 cm³/mol. The third-order valence-electron chi connectivity index (χ3n) is 3.28. The van der Waals surface area contributed by atoms with Gasteiger partial charge >= 0.3 is 5.97 Å². The summed E-state index contributed by atoms with van der Waals surface area (Å²) in [6, 6.07) is 4.25. The van der Waals surface area contributed by atoms with E-state index in [0.717, 1.165) is 18.4 Å². The van der Waals surface area contributed by atoms with E-state index < -0.39 is 17.8 Å². The second-order valence-electron chi connectivity index (χ2n) is 4.60. The maximum atomic E-state index is 13.3. The van der Waals surface area contributed by atoms with Gasteiger partial charge in [-0.2, -0.15) is 0 Å². The smallest absolute Gasteiger partial charge is 0.320 e. The van der Waals surface area contributed by atoms with Gasteiger partial charge in [-0.25, -0.2) is 4.39 Å². The van der Waals surface area contributed by atoms with Gasteiger partial charge in [0, 0.05) is 6.04 Å². The zero-order valence-corrected chi connectivity index (χ0v) is 10.6. The summed E-state index contributed by atoms with van der Waals surface area (Å²) in [4.78, 5) is 10.9. The second-order valence-corrected chi connectivity index (χ2v) is 4.98. The highest BCUT2D eigenvalue weighted by Crippen LogP contribution is 2.23. The zero-order chi connectivity index (χ0) is 13.1. The van der Waals surface area contributed by atoms with E-state index >= 15 is 0 Å². The normalized spacial score (nSPS) is 23.9. The summed E-state index contributed by atoms with van der Waals surface area (Å²) in [6.45, 7) is 0. The van der Waals surface area contributed by atoms with E-state index in [4.69, 9.17) is 16.7 Å². The molecular weight excluding hydrogens is 257 g/mol. The average Bonchev–Trinajstić information content (AvgIpc) is 2.35. The number of hydrogen-bond acceptors (Lipinski definition) is 2. The topological polar surface area (TPSA) is 49.3 Å². The molecule has 18 heavy (non-hydrogen) atoms. The molecule has 1 aromatic carbocycles. The Morgan fingerprint density at radius 2 is 2.28 bits per heavy atom. The van der Waals surface area contributed by atoms with E-state index in [1.807, 2.05) is 0 Å². The van der Waals surface area contributed by atoms with E-state index in [-0.39, 0.29) is 11.1 Å². The summed E-state index contributed by atoms with van der Waals surface area (Å²) in [5, 5.41) is 12.2. The number of halogens is 2. The molecule has 3 nitrogen and oxygen atoms in total. The first-order valence-corrected chi connectivity index (χ1v) is 6.37. The van der Waals surface area contributed by atoms with Crippen molar-refractivity contribution >= 4 is 17.6 Å². The number of carbonyl (C=O) groups is 1. The number of hydrogen-bond donors (Lipinski definition) is 2. The largest absolute Gasteiger partial charge is 0.480 e. The summed E-state index contributed by atoms with van der Waals surface area (Å²) in [5.74, 6) is -1.26. The molecule has 1 aliphatic rings. The molecule has 2 atom stereocenters. The van der Waals surface area contributed by atoms with Gasteiger partial charge in [0.15, 0.2) is 0 Å². The molecule has 0 amide bonds. The van der Waals surface area contributed by atoms with Crippen LogP contribution in [0, 0.1) is 5.82 Å². The van der Waals surface area contributed by atoms with Crippen molar-refractivity contribution in [3.63, 3.8) is 0 Å². The molecule has 2 rings (SSSR count). The lowest BCUT2D eigenvalue weighted by molar-refractivity contribution is -0.140. The molecule has 0 radical (unpaired) electrons. The highest BCUT2D eigenvalue weighted by molar-refractivity contribution is 6.31. The molecule has 1 saturated heterocycles. The molecule has 5 heteroatoms. The molecule has 1 fully saturated rings. The Labute approximate surface area is 110 Å². The van der Waals surface area contributed by atoms with Crippen LogP contribution in [-0.4, -0.2) is 23.2 Å². The van der Waals surface area contributed by atoms with Crippen molar-refractivity contribution in [2.24, 2.45) is 0 Å². The highest BCUT2D eigenvalue weighted by atomic mass is 35.5. The number of carboxylic acids is 1. The number of carboxylic acid groups (broad SMARTS) is 1. The fraction of sp³-hybridized carbons (Fsp3) is 0.462. The lowest BCUT2D eigenvalue weighted by atomic mass is 9.94. The average molecular weight is 272 g/mol. The van der Waals surface area contributed by atoms with E-state index in [0.29, 0.717) is 12.8 Å². The maximum Gasteiger partial charge on any atom is 0.320 e. The van der Waals surface area contributed by atoms with Crippen LogP contribution in [0.15, 0.2) is 18.2 Å². The van der Waals surface area contributed by atoms with Gasteiger partial charge in [-0.05, 0) is 37.3 Å². The molecule has 0 bridgehead atoms. The Balaban J connectivity index is 2.05. The standard InChI is InChI=1S/C13H15ClFNO2/c14-12-8(3-1-5-10(12)15)7-9-4-2-6-11(16-9)13(17)18/h1,3,5,9,11,16H,2,4,6-7H2,(H,17,18). The van der Waals surface area contributed by atoms with Crippen LogP contribution in [0.5, 0.6) is 0 Å². The molecular formula is C13H15ClFNO2.